The van der Waals surface area contributed by atoms with Gasteiger partial charge in [-0.2, -0.15) is 0 Å². The van der Waals surface area contributed by atoms with Crippen molar-refractivity contribution < 1.29 is 0 Å². The number of hydrogen-bond acceptors (Lipinski definition) is 6. The van der Waals surface area contributed by atoms with E-state index >= 15 is 0 Å². The van der Waals surface area contributed by atoms with Gasteiger partial charge in [0.05, 0.1) is 0 Å². The number of nitrogen functional groups attached to an aromatic ring is 1. The van der Waals surface area contributed by atoms with Crippen molar-refractivity contribution in [3.05, 3.63) is 30.4 Å². The second-order valence-corrected chi connectivity index (χ2v) is 3.16. The lowest BCUT2D eigenvalue weighted by atomic mass is 10.3. The molecule has 2 rings (SSSR count). The third kappa shape index (κ3) is 2.12. The number of aryl methyl sites for hydroxylation is 1. The molecule has 0 fully saturated rings. The number of hydrazine groups is 1. The van der Waals surface area contributed by atoms with E-state index in [1.54, 1.807) is 12.3 Å². The third-order valence-electron chi connectivity index (χ3n) is 2.10. The smallest absolute Gasteiger partial charge is 0.180 e. The van der Waals surface area contributed by atoms with Crippen LogP contribution in [-0.4, -0.2) is 19.9 Å². The first-order chi connectivity index (χ1) is 7.83. The number of nitrogens with two attached hydrogens (primary N) is 1. The molecule has 0 radical (unpaired) electrons. The van der Waals surface area contributed by atoms with Crippen molar-refractivity contribution in [3.8, 4) is 11.5 Å². The maximum atomic E-state index is 5.35. The number of nitrogens with zero attached hydrogens (tertiary/aromatic N) is 4. The predicted octanol–water partition coefficient (Wildman–Crippen LogP) is 0.782. The predicted molar refractivity (Wildman–Crippen MR) is 60.2 cm³/mol. The molecule has 82 valence electrons. The van der Waals surface area contributed by atoms with E-state index < -0.39 is 0 Å². The second-order valence-electron chi connectivity index (χ2n) is 3.16. The molecular weight excluding hydrogens is 204 g/mol. The molecule has 0 atom stereocenters. The fraction of sp³-hybridized carbons (Fsp3) is 0.200. The summed E-state index contributed by atoms with van der Waals surface area (Å²) >= 11 is 0. The summed E-state index contributed by atoms with van der Waals surface area (Å²) in [6.45, 7) is 2.02. The Balaban J connectivity index is 2.48. The van der Waals surface area contributed by atoms with Crippen LogP contribution in [-0.2, 0) is 6.42 Å². The number of nitrogens with one attached hydrogen (secondary N) is 1. The van der Waals surface area contributed by atoms with Crippen LogP contribution in [0.3, 0.4) is 0 Å². The molecule has 0 saturated heterocycles. The lowest BCUT2D eigenvalue weighted by Crippen LogP contribution is -2.10. The van der Waals surface area contributed by atoms with Gasteiger partial charge < -0.3 is 5.43 Å². The van der Waals surface area contributed by atoms with Crippen LogP contribution in [0.1, 0.15) is 12.6 Å². The SMILES string of the molecule is CCc1cc(NN)nc(-c2ccncn2)n1. The van der Waals surface area contributed by atoms with Crippen LogP contribution < -0.4 is 11.3 Å². The summed E-state index contributed by atoms with van der Waals surface area (Å²) in [4.78, 5) is 16.5. The summed E-state index contributed by atoms with van der Waals surface area (Å²) in [6.07, 6.45) is 3.93. The Morgan fingerprint density at radius 1 is 1.38 bits per heavy atom. The number of hydrogen-bond donors (Lipinski definition) is 2. The maximum absolute atomic E-state index is 5.35. The third-order valence-corrected chi connectivity index (χ3v) is 2.10. The zero-order valence-electron chi connectivity index (χ0n) is 8.88. The average Bonchev–Trinajstić information content (AvgIpc) is 2.39. The molecule has 2 heterocycles. The van der Waals surface area contributed by atoms with Gasteiger partial charge >= 0.3 is 0 Å². The molecule has 0 bridgehead atoms. The Hall–Kier alpha value is -2.08. The zero-order chi connectivity index (χ0) is 11.4. The summed E-state index contributed by atoms with van der Waals surface area (Å²) in [7, 11) is 0. The Morgan fingerprint density at radius 2 is 2.25 bits per heavy atom. The molecule has 6 heteroatoms. The van der Waals surface area contributed by atoms with Gasteiger partial charge in [-0.05, 0) is 12.5 Å². The van der Waals surface area contributed by atoms with Gasteiger partial charge in [-0.1, -0.05) is 6.92 Å². The molecule has 6 nitrogen and oxygen atoms in total. The molecule has 0 saturated carbocycles. The number of anilines is 1. The Morgan fingerprint density at radius 3 is 2.88 bits per heavy atom. The van der Waals surface area contributed by atoms with Crippen LogP contribution in [0.25, 0.3) is 11.5 Å². The quantitative estimate of drug-likeness (QED) is 0.582. The fourth-order valence-electron chi connectivity index (χ4n) is 1.29. The number of aromatic nitrogens is 4. The van der Waals surface area contributed by atoms with Crippen molar-refractivity contribution in [1.29, 1.82) is 0 Å². The molecule has 0 amide bonds. The molecule has 0 aliphatic rings. The van der Waals surface area contributed by atoms with Crippen molar-refractivity contribution in [2.75, 3.05) is 5.43 Å². The first kappa shape index (κ1) is 10.4. The van der Waals surface area contributed by atoms with Gasteiger partial charge in [-0.3, -0.25) is 0 Å². The molecule has 0 aliphatic carbocycles. The first-order valence-corrected chi connectivity index (χ1v) is 4.94. The number of rotatable bonds is 3. The highest BCUT2D eigenvalue weighted by molar-refractivity contribution is 5.52. The highest BCUT2D eigenvalue weighted by Crippen LogP contribution is 2.14. The Labute approximate surface area is 93.0 Å². The minimum absolute atomic E-state index is 0.551. The van der Waals surface area contributed by atoms with E-state index in [0.717, 1.165) is 12.1 Å². The Kier molecular flexibility index (Phi) is 3.02. The van der Waals surface area contributed by atoms with Crippen LogP contribution >= 0.6 is 0 Å². The molecular formula is C10H12N6. The summed E-state index contributed by atoms with van der Waals surface area (Å²) in [6, 6.07) is 3.57. The lowest BCUT2D eigenvalue weighted by Gasteiger charge is -2.05. The van der Waals surface area contributed by atoms with E-state index in [4.69, 9.17) is 5.84 Å². The molecule has 0 aliphatic heterocycles. The van der Waals surface area contributed by atoms with Gasteiger partial charge in [-0.15, -0.1) is 0 Å². The van der Waals surface area contributed by atoms with Crippen LogP contribution in [0.4, 0.5) is 5.82 Å². The molecule has 0 aromatic carbocycles. The van der Waals surface area contributed by atoms with Crippen molar-refractivity contribution in [1.82, 2.24) is 19.9 Å². The van der Waals surface area contributed by atoms with E-state index in [0.29, 0.717) is 17.3 Å². The van der Waals surface area contributed by atoms with Gasteiger partial charge in [0.15, 0.2) is 5.82 Å². The lowest BCUT2D eigenvalue weighted by molar-refractivity contribution is 0.991. The van der Waals surface area contributed by atoms with Gasteiger partial charge in [0.1, 0.15) is 17.8 Å². The van der Waals surface area contributed by atoms with Crippen LogP contribution in [0.15, 0.2) is 24.7 Å². The summed E-state index contributed by atoms with van der Waals surface area (Å²) in [5, 5.41) is 0. The summed E-state index contributed by atoms with van der Waals surface area (Å²) < 4.78 is 0. The maximum Gasteiger partial charge on any atom is 0.180 e. The van der Waals surface area contributed by atoms with Crippen molar-refractivity contribution in [3.63, 3.8) is 0 Å². The van der Waals surface area contributed by atoms with Crippen molar-refractivity contribution in [2.45, 2.75) is 13.3 Å². The van der Waals surface area contributed by atoms with Crippen LogP contribution in [0, 0.1) is 0 Å². The highest BCUT2D eigenvalue weighted by atomic mass is 15.3. The van der Waals surface area contributed by atoms with E-state index in [9.17, 15) is 0 Å². The normalized spacial score (nSPS) is 10.1. The molecule has 0 unspecified atom stereocenters. The van der Waals surface area contributed by atoms with Crippen LogP contribution in [0.5, 0.6) is 0 Å². The fourth-order valence-corrected chi connectivity index (χ4v) is 1.29. The van der Waals surface area contributed by atoms with Crippen molar-refractivity contribution in [2.24, 2.45) is 5.84 Å². The topological polar surface area (TPSA) is 89.6 Å². The largest absolute Gasteiger partial charge is 0.308 e. The van der Waals surface area contributed by atoms with E-state index in [2.05, 4.69) is 25.4 Å². The summed E-state index contributed by atoms with van der Waals surface area (Å²) in [5.41, 5.74) is 4.11. The molecule has 0 spiro atoms. The van der Waals surface area contributed by atoms with Gasteiger partial charge in [0.2, 0.25) is 0 Å². The van der Waals surface area contributed by atoms with Gasteiger partial charge in [0.25, 0.3) is 0 Å². The average molecular weight is 216 g/mol. The first-order valence-electron chi connectivity index (χ1n) is 4.94. The van der Waals surface area contributed by atoms with Gasteiger partial charge in [-0.25, -0.2) is 25.8 Å². The minimum Gasteiger partial charge on any atom is -0.308 e. The van der Waals surface area contributed by atoms with E-state index in [1.165, 1.54) is 6.33 Å². The van der Waals surface area contributed by atoms with Gasteiger partial charge in [0, 0.05) is 18.0 Å². The molecule has 2 aromatic rings. The molecule has 3 N–H and O–H groups in total. The van der Waals surface area contributed by atoms with E-state index in [1.807, 2.05) is 13.0 Å². The molecule has 16 heavy (non-hydrogen) atoms. The van der Waals surface area contributed by atoms with Crippen LogP contribution in [0.2, 0.25) is 0 Å². The van der Waals surface area contributed by atoms with E-state index in [-0.39, 0.29) is 0 Å². The van der Waals surface area contributed by atoms with Crippen molar-refractivity contribution >= 4 is 5.82 Å². The summed E-state index contributed by atoms with van der Waals surface area (Å²) in [5.74, 6) is 6.48. The monoisotopic (exact) mass is 216 g/mol. The second kappa shape index (κ2) is 4.63. The standard InChI is InChI=1S/C10H12N6/c1-2-7-5-9(16-11)15-10(14-7)8-3-4-12-6-13-8/h3-6H,2,11H2,1H3,(H,14,15,16). The Bertz CT molecular complexity index is 448. The zero-order valence-corrected chi connectivity index (χ0v) is 8.88. The molecule has 2 aromatic heterocycles. The highest BCUT2D eigenvalue weighted by Gasteiger charge is 2.06. The minimum atomic E-state index is 0.551.